The van der Waals surface area contributed by atoms with Crippen molar-refractivity contribution in [2.75, 3.05) is 0 Å². The molecule has 4 heteroatoms. The standard InChI is InChI=1S/C8H9IN2O/c1-4-6(9)3-2-5(7(4)12)8(10)11/h2-3,12H,1H3,(H3,10,11). The summed E-state index contributed by atoms with van der Waals surface area (Å²) >= 11 is 2.12. The molecule has 1 aromatic carbocycles. The van der Waals surface area contributed by atoms with Crippen molar-refractivity contribution in [2.24, 2.45) is 5.73 Å². The van der Waals surface area contributed by atoms with E-state index in [-0.39, 0.29) is 11.6 Å². The number of hydrogen-bond acceptors (Lipinski definition) is 2. The van der Waals surface area contributed by atoms with Gasteiger partial charge in [0.1, 0.15) is 11.6 Å². The molecule has 0 radical (unpaired) electrons. The summed E-state index contributed by atoms with van der Waals surface area (Å²) in [4.78, 5) is 0. The largest absolute Gasteiger partial charge is 0.507 e. The van der Waals surface area contributed by atoms with Gasteiger partial charge in [-0.25, -0.2) is 0 Å². The van der Waals surface area contributed by atoms with Crippen molar-refractivity contribution >= 4 is 28.4 Å². The summed E-state index contributed by atoms with van der Waals surface area (Å²) in [5.74, 6) is 0.00130. The molecule has 64 valence electrons. The Labute approximate surface area is 84.2 Å². The summed E-state index contributed by atoms with van der Waals surface area (Å²) in [7, 11) is 0. The molecule has 1 rings (SSSR count). The Morgan fingerprint density at radius 3 is 2.67 bits per heavy atom. The Kier molecular flexibility index (Phi) is 2.56. The maximum Gasteiger partial charge on any atom is 0.130 e. The first-order chi connectivity index (χ1) is 5.54. The van der Waals surface area contributed by atoms with Gasteiger partial charge in [-0.05, 0) is 41.6 Å². The minimum absolute atomic E-state index is 0.105. The molecule has 4 N–H and O–H groups in total. The number of phenols is 1. The topological polar surface area (TPSA) is 70.1 Å². The lowest BCUT2D eigenvalue weighted by Crippen LogP contribution is -2.11. The molecule has 0 aliphatic rings. The van der Waals surface area contributed by atoms with Gasteiger partial charge in [-0.15, -0.1) is 0 Å². The van der Waals surface area contributed by atoms with E-state index in [4.69, 9.17) is 11.1 Å². The number of hydrogen-bond donors (Lipinski definition) is 3. The predicted octanol–water partition coefficient (Wildman–Crippen LogP) is 1.59. The normalized spacial score (nSPS) is 9.83. The quantitative estimate of drug-likeness (QED) is 0.414. The van der Waals surface area contributed by atoms with Crippen molar-refractivity contribution in [1.82, 2.24) is 0 Å². The molecule has 0 bridgehead atoms. The van der Waals surface area contributed by atoms with Gasteiger partial charge < -0.3 is 10.8 Å². The second kappa shape index (κ2) is 3.30. The van der Waals surface area contributed by atoms with E-state index < -0.39 is 0 Å². The van der Waals surface area contributed by atoms with Gasteiger partial charge in [0.2, 0.25) is 0 Å². The number of rotatable bonds is 1. The first-order valence-electron chi connectivity index (χ1n) is 3.36. The molecule has 0 aliphatic heterocycles. The zero-order valence-electron chi connectivity index (χ0n) is 6.56. The second-order valence-corrected chi connectivity index (χ2v) is 3.64. The zero-order chi connectivity index (χ0) is 9.30. The average Bonchev–Trinajstić information content (AvgIpc) is 2.00. The Balaban J connectivity index is 3.36. The van der Waals surface area contributed by atoms with Crippen molar-refractivity contribution in [3.05, 3.63) is 26.8 Å². The third-order valence-corrected chi connectivity index (χ3v) is 2.82. The lowest BCUT2D eigenvalue weighted by Gasteiger charge is -2.06. The van der Waals surface area contributed by atoms with Crippen molar-refractivity contribution < 1.29 is 5.11 Å². The van der Waals surface area contributed by atoms with Crippen LogP contribution < -0.4 is 5.73 Å². The molecule has 0 heterocycles. The van der Waals surface area contributed by atoms with Gasteiger partial charge in [0.05, 0.1) is 5.56 Å². The van der Waals surface area contributed by atoms with Crippen molar-refractivity contribution in [2.45, 2.75) is 6.92 Å². The molecule has 0 amide bonds. The van der Waals surface area contributed by atoms with Gasteiger partial charge in [0, 0.05) is 9.13 Å². The highest BCUT2D eigenvalue weighted by atomic mass is 127. The summed E-state index contributed by atoms with van der Waals surface area (Å²) in [5.41, 5.74) is 6.42. The summed E-state index contributed by atoms with van der Waals surface area (Å²) < 4.78 is 0.968. The summed E-state index contributed by atoms with van der Waals surface area (Å²) in [6.45, 7) is 1.80. The van der Waals surface area contributed by atoms with Crippen molar-refractivity contribution in [3.63, 3.8) is 0 Å². The fourth-order valence-electron chi connectivity index (χ4n) is 0.893. The molecule has 0 fully saturated rings. The highest BCUT2D eigenvalue weighted by Crippen LogP contribution is 2.25. The summed E-state index contributed by atoms with van der Waals surface area (Å²) in [6.07, 6.45) is 0. The third-order valence-electron chi connectivity index (χ3n) is 1.66. The van der Waals surface area contributed by atoms with E-state index in [0.717, 1.165) is 9.13 Å². The predicted molar refractivity (Wildman–Crippen MR) is 56.6 cm³/mol. The van der Waals surface area contributed by atoms with Gasteiger partial charge >= 0.3 is 0 Å². The number of benzene rings is 1. The molecule has 0 spiro atoms. The fraction of sp³-hybridized carbons (Fsp3) is 0.125. The lowest BCUT2D eigenvalue weighted by molar-refractivity contribution is 0.469. The number of halogens is 1. The van der Waals surface area contributed by atoms with Gasteiger partial charge in [-0.1, -0.05) is 0 Å². The monoisotopic (exact) mass is 276 g/mol. The lowest BCUT2D eigenvalue weighted by atomic mass is 10.1. The summed E-state index contributed by atoms with van der Waals surface area (Å²) in [6, 6.07) is 3.47. The van der Waals surface area contributed by atoms with E-state index in [0.29, 0.717) is 5.56 Å². The molecule has 3 nitrogen and oxygen atoms in total. The smallest absolute Gasteiger partial charge is 0.130 e. The van der Waals surface area contributed by atoms with Crippen molar-refractivity contribution in [3.8, 4) is 5.75 Å². The molecule has 0 saturated heterocycles. The zero-order valence-corrected chi connectivity index (χ0v) is 8.71. The van der Waals surface area contributed by atoms with Crippen LogP contribution in [0.15, 0.2) is 12.1 Å². The number of amidine groups is 1. The van der Waals surface area contributed by atoms with Crippen LogP contribution in [0.4, 0.5) is 0 Å². The molecule has 0 saturated carbocycles. The highest BCUT2D eigenvalue weighted by Gasteiger charge is 2.08. The summed E-state index contributed by atoms with van der Waals surface area (Å²) in [5, 5.41) is 16.7. The van der Waals surface area contributed by atoms with Crippen LogP contribution >= 0.6 is 22.6 Å². The van der Waals surface area contributed by atoms with Gasteiger partial charge in [0.15, 0.2) is 0 Å². The van der Waals surface area contributed by atoms with E-state index >= 15 is 0 Å². The van der Waals surface area contributed by atoms with Gasteiger partial charge in [-0.3, -0.25) is 5.41 Å². The number of nitrogen functional groups attached to an aromatic ring is 1. The average molecular weight is 276 g/mol. The fourth-order valence-corrected chi connectivity index (χ4v) is 1.33. The van der Waals surface area contributed by atoms with Crippen LogP contribution in [0.5, 0.6) is 5.75 Å². The van der Waals surface area contributed by atoms with E-state index in [1.54, 1.807) is 13.0 Å². The minimum Gasteiger partial charge on any atom is -0.507 e. The number of nitrogens with two attached hydrogens (primary N) is 1. The van der Waals surface area contributed by atoms with Crippen molar-refractivity contribution in [1.29, 1.82) is 5.41 Å². The molecule has 0 atom stereocenters. The maximum absolute atomic E-state index is 9.52. The molecule has 0 aliphatic carbocycles. The van der Waals surface area contributed by atoms with Crippen LogP contribution in [0.2, 0.25) is 0 Å². The Morgan fingerprint density at radius 1 is 1.58 bits per heavy atom. The molecule has 0 unspecified atom stereocenters. The van der Waals surface area contributed by atoms with E-state index in [9.17, 15) is 5.11 Å². The third kappa shape index (κ3) is 1.52. The molecular formula is C8H9IN2O. The van der Waals surface area contributed by atoms with Gasteiger partial charge in [-0.2, -0.15) is 0 Å². The molecule has 0 aromatic heterocycles. The first kappa shape index (κ1) is 9.31. The minimum atomic E-state index is -0.105. The number of phenolic OH excluding ortho intramolecular Hbond substituents is 1. The van der Waals surface area contributed by atoms with Crippen LogP contribution in [0.1, 0.15) is 11.1 Å². The van der Waals surface area contributed by atoms with E-state index in [1.165, 1.54) is 0 Å². The maximum atomic E-state index is 9.52. The SMILES string of the molecule is Cc1c(I)ccc(C(=N)N)c1O. The Morgan fingerprint density at radius 2 is 2.17 bits per heavy atom. The van der Waals surface area contributed by atoms with E-state index in [1.807, 2.05) is 6.07 Å². The van der Waals surface area contributed by atoms with Gasteiger partial charge in [0.25, 0.3) is 0 Å². The van der Waals surface area contributed by atoms with Crippen LogP contribution in [-0.4, -0.2) is 10.9 Å². The van der Waals surface area contributed by atoms with Crippen LogP contribution in [0, 0.1) is 15.9 Å². The first-order valence-corrected chi connectivity index (χ1v) is 4.44. The van der Waals surface area contributed by atoms with E-state index in [2.05, 4.69) is 22.6 Å². The Hall–Kier alpha value is -0.780. The van der Waals surface area contributed by atoms with Crippen LogP contribution in [0.25, 0.3) is 0 Å². The molecule has 12 heavy (non-hydrogen) atoms. The number of aromatic hydroxyl groups is 1. The molecule has 1 aromatic rings. The van der Waals surface area contributed by atoms with Crippen LogP contribution in [-0.2, 0) is 0 Å². The second-order valence-electron chi connectivity index (χ2n) is 2.48. The highest BCUT2D eigenvalue weighted by molar-refractivity contribution is 14.1. The van der Waals surface area contributed by atoms with Crippen LogP contribution in [0.3, 0.4) is 0 Å². The number of nitrogens with one attached hydrogen (secondary N) is 1. The Bertz CT molecular complexity index is 336. The molecular weight excluding hydrogens is 267 g/mol.